The molecule has 2 aromatic heterocycles. The van der Waals surface area contributed by atoms with Crippen molar-refractivity contribution in [3.63, 3.8) is 0 Å². The van der Waals surface area contributed by atoms with Crippen LogP contribution in [0.3, 0.4) is 0 Å². The van der Waals surface area contributed by atoms with Gasteiger partial charge in [0.2, 0.25) is 0 Å². The number of hydrogen-bond acceptors (Lipinski definition) is 5. The van der Waals surface area contributed by atoms with Gasteiger partial charge >= 0.3 is 57.1 Å². The number of nitrogens with one attached hydrogen (secondary N) is 1. The summed E-state index contributed by atoms with van der Waals surface area (Å²) in [5.41, 5.74) is 0.197. The van der Waals surface area contributed by atoms with E-state index in [9.17, 15) is 18.0 Å². The number of H-pyrrole nitrogens is 1. The molecule has 1 aromatic carbocycles. The van der Waals surface area contributed by atoms with Gasteiger partial charge in [-0.1, -0.05) is 13.8 Å². The first-order valence-electron chi connectivity index (χ1n) is 8.59. The summed E-state index contributed by atoms with van der Waals surface area (Å²) >= 11 is 0. The first kappa shape index (κ1) is 23.2. The van der Waals surface area contributed by atoms with Gasteiger partial charge in [0.1, 0.15) is 11.3 Å². The van der Waals surface area contributed by atoms with E-state index in [1.165, 1.54) is 33.4 Å². The molecule has 9 nitrogen and oxygen atoms in total. The van der Waals surface area contributed by atoms with Crippen molar-refractivity contribution in [1.82, 2.24) is 19.1 Å². The second kappa shape index (κ2) is 9.16. The molecule has 2 heterocycles. The number of imidazole rings is 1. The molecule has 28 heavy (non-hydrogen) atoms. The molecule has 3 rings (SSSR count). The Labute approximate surface area is 205 Å². The molecule has 0 unspecified atom stereocenters. The normalized spacial score (nSPS) is 11.5. The molecule has 0 atom stereocenters. The Balaban J connectivity index is 0.00000210. The standard InChI is InChI=1S/C17H20N4O5S.K.H/c1-3-9-20-15-13(16(22)21(10-4-2)17(20)23)18-14(19-15)11-5-7-12(8-6-11)27(24,25)26;;/h5-8H,3-4,9-10H2,1-2H3,(H,18,19)(H,24,25,26);;/q;+1;-1. The van der Waals surface area contributed by atoms with Gasteiger partial charge in [-0.15, -0.1) is 0 Å². The monoisotopic (exact) mass is 432 g/mol. The van der Waals surface area contributed by atoms with Crippen LogP contribution in [0.2, 0.25) is 0 Å². The van der Waals surface area contributed by atoms with Crippen LogP contribution in [0, 0.1) is 0 Å². The number of fused-ring (bicyclic) bond motifs is 1. The van der Waals surface area contributed by atoms with E-state index in [1.807, 2.05) is 13.8 Å². The third-order valence-electron chi connectivity index (χ3n) is 4.18. The molecule has 0 saturated heterocycles. The van der Waals surface area contributed by atoms with Crippen molar-refractivity contribution in [3.8, 4) is 11.4 Å². The van der Waals surface area contributed by atoms with Crippen molar-refractivity contribution in [1.29, 1.82) is 0 Å². The summed E-state index contributed by atoms with van der Waals surface area (Å²) in [6.45, 7) is 4.55. The van der Waals surface area contributed by atoms with E-state index in [0.717, 1.165) is 0 Å². The molecule has 2 N–H and O–H groups in total. The van der Waals surface area contributed by atoms with Crippen LogP contribution >= 0.6 is 0 Å². The molecule has 0 bridgehead atoms. The molecule has 0 aliphatic rings. The molecule has 0 saturated carbocycles. The second-order valence-electron chi connectivity index (χ2n) is 6.17. The SMILES string of the molecule is CCCn1c(=O)c2[nH]c(-c3ccc(S(=O)(=O)O)cc3)nc2n(CCC)c1=O.[H-].[K+]. The summed E-state index contributed by atoms with van der Waals surface area (Å²) in [4.78, 5) is 32.5. The zero-order valence-electron chi connectivity index (χ0n) is 17.0. The Kier molecular flexibility index (Phi) is 7.59. The second-order valence-corrected chi connectivity index (χ2v) is 7.60. The molecule has 11 heteroatoms. The van der Waals surface area contributed by atoms with E-state index < -0.39 is 21.4 Å². The Hall–Kier alpha value is -1.08. The largest absolute Gasteiger partial charge is 1.00 e. The Morgan fingerprint density at radius 3 is 2.18 bits per heavy atom. The van der Waals surface area contributed by atoms with Crippen molar-refractivity contribution in [2.75, 3.05) is 0 Å². The number of aryl methyl sites for hydroxylation is 1. The predicted molar refractivity (Wildman–Crippen MR) is 102 cm³/mol. The van der Waals surface area contributed by atoms with Crippen molar-refractivity contribution in [2.45, 2.75) is 44.7 Å². The summed E-state index contributed by atoms with van der Waals surface area (Å²) in [6, 6.07) is 5.42. The van der Waals surface area contributed by atoms with Gasteiger partial charge in [-0.05, 0) is 37.1 Å². The van der Waals surface area contributed by atoms with Gasteiger partial charge in [0, 0.05) is 18.7 Å². The molecule has 0 radical (unpaired) electrons. The molecular formula is C17H21KN4O5S. The van der Waals surface area contributed by atoms with Gasteiger partial charge in [-0.2, -0.15) is 8.42 Å². The number of hydrogen-bond donors (Lipinski definition) is 2. The predicted octanol–water partition coefficient (Wildman–Crippen LogP) is -1.26. The number of nitrogens with zero attached hydrogens (tertiary/aromatic N) is 3. The molecular weight excluding hydrogens is 411 g/mol. The minimum atomic E-state index is -4.29. The fourth-order valence-electron chi connectivity index (χ4n) is 2.93. The smallest absolute Gasteiger partial charge is 1.00 e. The first-order chi connectivity index (χ1) is 12.8. The van der Waals surface area contributed by atoms with Crippen LogP contribution in [0.1, 0.15) is 28.1 Å². The van der Waals surface area contributed by atoms with Crippen LogP contribution in [-0.4, -0.2) is 32.1 Å². The molecule has 0 fully saturated rings. The Morgan fingerprint density at radius 1 is 1.07 bits per heavy atom. The summed E-state index contributed by atoms with van der Waals surface area (Å²) in [6.07, 6.45) is 1.34. The van der Waals surface area contributed by atoms with E-state index in [4.69, 9.17) is 4.55 Å². The number of aromatic amines is 1. The van der Waals surface area contributed by atoms with Gasteiger partial charge < -0.3 is 6.41 Å². The van der Waals surface area contributed by atoms with Gasteiger partial charge in [0.25, 0.3) is 15.7 Å². The van der Waals surface area contributed by atoms with Crippen molar-refractivity contribution in [3.05, 3.63) is 45.1 Å². The van der Waals surface area contributed by atoms with Gasteiger partial charge in [-0.3, -0.25) is 18.5 Å². The van der Waals surface area contributed by atoms with Crippen molar-refractivity contribution in [2.24, 2.45) is 0 Å². The van der Waals surface area contributed by atoms with Gasteiger partial charge in [-0.25, -0.2) is 9.78 Å². The maximum absolute atomic E-state index is 12.7. The number of benzene rings is 1. The molecule has 3 aromatic rings. The third-order valence-corrected chi connectivity index (χ3v) is 5.05. The summed E-state index contributed by atoms with van der Waals surface area (Å²) in [5, 5.41) is 0. The van der Waals surface area contributed by atoms with Crippen LogP contribution in [0.25, 0.3) is 22.6 Å². The zero-order chi connectivity index (χ0) is 19.8. The van der Waals surface area contributed by atoms with Crippen LogP contribution < -0.4 is 62.6 Å². The fourth-order valence-corrected chi connectivity index (χ4v) is 3.41. The molecule has 0 aliphatic carbocycles. The van der Waals surface area contributed by atoms with Crippen LogP contribution in [0.4, 0.5) is 0 Å². The van der Waals surface area contributed by atoms with Crippen molar-refractivity contribution < 1.29 is 65.8 Å². The maximum Gasteiger partial charge on any atom is 1.00 e. The van der Waals surface area contributed by atoms with E-state index in [-0.39, 0.29) is 68.9 Å². The van der Waals surface area contributed by atoms with Crippen LogP contribution in [0.5, 0.6) is 0 Å². The molecule has 146 valence electrons. The number of aromatic nitrogens is 4. The first-order valence-corrected chi connectivity index (χ1v) is 10.0. The van der Waals surface area contributed by atoms with Crippen LogP contribution in [-0.2, 0) is 23.2 Å². The Morgan fingerprint density at radius 2 is 1.64 bits per heavy atom. The summed E-state index contributed by atoms with van der Waals surface area (Å²) < 4.78 is 34.1. The molecule has 0 aliphatic heterocycles. The minimum Gasteiger partial charge on any atom is -1.00 e. The maximum atomic E-state index is 12.7. The van der Waals surface area contributed by atoms with Gasteiger partial charge in [0.05, 0.1) is 4.90 Å². The van der Waals surface area contributed by atoms with Crippen LogP contribution in [0.15, 0.2) is 38.8 Å². The molecule has 0 amide bonds. The van der Waals surface area contributed by atoms with E-state index >= 15 is 0 Å². The van der Waals surface area contributed by atoms with E-state index in [2.05, 4.69) is 9.97 Å². The summed E-state index contributed by atoms with van der Waals surface area (Å²) in [7, 11) is -4.29. The quantitative estimate of drug-likeness (QED) is 0.370. The third kappa shape index (κ3) is 4.40. The average molecular weight is 433 g/mol. The van der Waals surface area contributed by atoms with Gasteiger partial charge in [0.15, 0.2) is 5.65 Å². The fraction of sp³-hybridized carbons (Fsp3) is 0.353. The zero-order valence-corrected chi connectivity index (χ0v) is 19.9. The number of rotatable bonds is 6. The van der Waals surface area contributed by atoms with E-state index in [0.29, 0.717) is 37.3 Å². The van der Waals surface area contributed by atoms with Crippen molar-refractivity contribution >= 4 is 21.3 Å². The Bertz CT molecular complexity index is 1220. The van der Waals surface area contributed by atoms with E-state index in [1.54, 1.807) is 0 Å². The minimum absolute atomic E-state index is 0. The molecule has 0 spiro atoms. The topological polar surface area (TPSA) is 127 Å². The average Bonchev–Trinajstić information content (AvgIpc) is 3.07. The summed E-state index contributed by atoms with van der Waals surface area (Å²) in [5.74, 6) is 0.336.